The van der Waals surface area contributed by atoms with Gasteiger partial charge >= 0.3 is 16.2 Å². The largest absolute Gasteiger partial charge is 0.335 e. The zero-order valence-corrected chi connectivity index (χ0v) is 23.8. The molecule has 0 N–H and O–H groups in total. The summed E-state index contributed by atoms with van der Waals surface area (Å²) in [6, 6.07) is 13.0. The number of rotatable bonds is 15. The summed E-state index contributed by atoms with van der Waals surface area (Å²) in [6.07, 6.45) is 2.34. The highest BCUT2D eigenvalue weighted by Gasteiger charge is 2.39. The lowest BCUT2D eigenvalue weighted by molar-refractivity contribution is 0.164. The zero-order valence-electron chi connectivity index (χ0n) is 22.0. The third kappa shape index (κ3) is 6.62. The highest BCUT2D eigenvalue weighted by Crippen LogP contribution is 2.55. The van der Waals surface area contributed by atoms with Gasteiger partial charge in [-0.3, -0.25) is 4.57 Å². The fraction of sp³-hybridized carbons (Fsp3) is 0.556. The van der Waals surface area contributed by atoms with Gasteiger partial charge in [-0.05, 0) is 67.5 Å². The van der Waals surface area contributed by atoms with Gasteiger partial charge in [0, 0.05) is 5.41 Å². The van der Waals surface area contributed by atoms with E-state index >= 15 is 0 Å². The first-order chi connectivity index (χ1) is 16.8. The minimum Gasteiger partial charge on any atom is -0.313 e. The molecule has 194 valence electrons. The van der Waals surface area contributed by atoms with Crippen LogP contribution in [0.1, 0.15) is 76.6 Å². The second-order valence-corrected chi connectivity index (χ2v) is 12.1. The van der Waals surface area contributed by atoms with E-state index in [1.54, 1.807) is 0 Å². The van der Waals surface area contributed by atoms with Crippen molar-refractivity contribution in [2.45, 2.75) is 72.6 Å². The van der Waals surface area contributed by atoms with Gasteiger partial charge in [0.2, 0.25) is 0 Å². The number of hydrogen-bond donors (Lipinski definition) is 0. The maximum atomic E-state index is 13.2. The Morgan fingerprint density at radius 2 is 1.31 bits per heavy atom. The predicted molar refractivity (Wildman–Crippen MR) is 143 cm³/mol. The van der Waals surface area contributed by atoms with Gasteiger partial charge in [-0.1, -0.05) is 56.7 Å². The standard InChI is InChI=1S/C27H40O6P2/c1-7-16-27(6)25-17-21(19-31-34(29-8-2)30-9-3)12-14-23(25)24-15-13-22(18-26(24)27)20-35(28,32-10-4)33-11-5/h12-15,17-18H,7-11,16,19-20H2,1-6H3. The first-order valence-electron chi connectivity index (χ1n) is 12.7. The summed E-state index contributed by atoms with van der Waals surface area (Å²) < 4.78 is 41.4. The molecule has 0 bridgehead atoms. The third-order valence-corrected chi connectivity index (χ3v) is 9.56. The van der Waals surface area contributed by atoms with Gasteiger partial charge in [-0.25, -0.2) is 0 Å². The van der Waals surface area contributed by atoms with Crippen LogP contribution in [0.4, 0.5) is 0 Å². The van der Waals surface area contributed by atoms with Crippen molar-refractivity contribution < 1.29 is 27.2 Å². The number of benzene rings is 2. The average molecular weight is 523 g/mol. The molecule has 3 rings (SSSR count). The topological polar surface area (TPSA) is 63.2 Å². The van der Waals surface area contributed by atoms with Gasteiger partial charge in [0.05, 0.1) is 39.2 Å². The van der Waals surface area contributed by atoms with Crippen molar-refractivity contribution in [1.82, 2.24) is 0 Å². The highest BCUT2D eigenvalue weighted by molar-refractivity contribution is 7.53. The van der Waals surface area contributed by atoms with Crippen molar-refractivity contribution in [2.75, 3.05) is 26.4 Å². The fourth-order valence-corrected chi connectivity index (χ4v) is 7.45. The average Bonchev–Trinajstić information content (AvgIpc) is 3.06. The van der Waals surface area contributed by atoms with E-state index in [4.69, 9.17) is 22.6 Å². The molecule has 1 atom stereocenters. The smallest absolute Gasteiger partial charge is 0.313 e. The van der Waals surface area contributed by atoms with E-state index in [0.29, 0.717) is 33.0 Å². The summed E-state index contributed by atoms with van der Waals surface area (Å²) in [7, 11) is -4.52. The molecular weight excluding hydrogens is 482 g/mol. The minimum atomic E-state index is -3.17. The van der Waals surface area contributed by atoms with Crippen LogP contribution in [-0.4, -0.2) is 26.4 Å². The molecule has 1 unspecified atom stereocenters. The summed E-state index contributed by atoms with van der Waals surface area (Å²) in [5, 5.41) is 0. The van der Waals surface area contributed by atoms with Crippen LogP contribution in [0.15, 0.2) is 36.4 Å². The Balaban J connectivity index is 1.92. The van der Waals surface area contributed by atoms with Gasteiger partial charge in [-0.15, -0.1) is 0 Å². The highest BCUT2D eigenvalue weighted by atomic mass is 31.2. The molecule has 0 aliphatic heterocycles. The van der Waals surface area contributed by atoms with Gasteiger partial charge in [-0.2, -0.15) is 0 Å². The lowest BCUT2D eigenvalue weighted by atomic mass is 9.76. The van der Waals surface area contributed by atoms with Crippen molar-refractivity contribution in [3.63, 3.8) is 0 Å². The fourth-order valence-electron chi connectivity index (χ4n) is 4.86. The Kier molecular flexibility index (Phi) is 10.5. The van der Waals surface area contributed by atoms with E-state index in [-0.39, 0.29) is 11.6 Å². The molecule has 0 amide bonds. The van der Waals surface area contributed by atoms with Crippen LogP contribution < -0.4 is 0 Å². The van der Waals surface area contributed by atoms with E-state index < -0.39 is 16.2 Å². The Morgan fingerprint density at radius 1 is 0.771 bits per heavy atom. The summed E-state index contributed by atoms with van der Waals surface area (Å²) in [5.74, 6) is 0. The monoisotopic (exact) mass is 522 g/mol. The maximum absolute atomic E-state index is 13.2. The van der Waals surface area contributed by atoms with Crippen LogP contribution in [0.25, 0.3) is 11.1 Å². The molecule has 0 spiro atoms. The van der Waals surface area contributed by atoms with Crippen molar-refractivity contribution in [1.29, 1.82) is 0 Å². The van der Waals surface area contributed by atoms with Crippen LogP contribution in [0.2, 0.25) is 0 Å². The normalized spacial score (nSPS) is 17.1. The quantitative estimate of drug-likeness (QED) is 0.219. The lowest BCUT2D eigenvalue weighted by Gasteiger charge is -2.28. The Labute approximate surface area is 212 Å². The Bertz CT molecular complexity index is 1010. The van der Waals surface area contributed by atoms with E-state index in [9.17, 15) is 4.57 Å². The van der Waals surface area contributed by atoms with Gasteiger partial charge in [0.15, 0.2) is 0 Å². The second-order valence-electron chi connectivity index (χ2n) is 8.78. The first-order valence-corrected chi connectivity index (χ1v) is 15.5. The molecule has 1 aliphatic rings. The van der Waals surface area contributed by atoms with Crippen molar-refractivity contribution in [3.8, 4) is 11.1 Å². The molecule has 0 aromatic heterocycles. The molecule has 0 radical (unpaired) electrons. The third-order valence-electron chi connectivity index (χ3n) is 6.23. The van der Waals surface area contributed by atoms with Gasteiger partial charge in [0.1, 0.15) is 0 Å². The van der Waals surface area contributed by atoms with Crippen LogP contribution >= 0.6 is 16.2 Å². The summed E-state index contributed by atoms with van der Waals surface area (Å²) >= 11 is 0. The van der Waals surface area contributed by atoms with Crippen LogP contribution in [0.5, 0.6) is 0 Å². The van der Waals surface area contributed by atoms with Crippen molar-refractivity contribution >= 4 is 16.2 Å². The van der Waals surface area contributed by atoms with E-state index in [1.165, 1.54) is 22.3 Å². The molecule has 6 nitrogen and oxygen atoms in total. The maximum Gasteiger partial charge on any atom is 0.335 e. The van der Waals surface area contributed by atoms with Crippen LogP contribution in [0.3, 0.4) is 0 Å². The summed E-state index contributed by atoms with van der Waals surface area (Å²) in [6.45, 7) is 14.4. The molecule has 0 saturated carbocycles. The molecular formula is C27H40O6P2. The summed E-state index contributed by atoms with van der Waals surface area (Å²) in [4.78, 5) is 0. The molecule has 1 aliphatic carbocycles. The van der Waals surface area contributed by atoms with Crippen molar-refractivity contribution in [2.24, 2.45) is 0 Å². The zero-order chi connectivity index (χ0) is 25.5. The van der Waals surface area contributed by atoms with Crippen molar-refractivity contribution in [3.05, 3.63) is 58.7 Å². The van der Waals surface area contributed by atoms with Crippen LogP contribution in [-0.2, 0) is 45.4 Å². The molecule has 8 heteroatoms. The van der Waals surface area contributed by atoms with E-state index in [0.717, 1.165) is 24.0 Å². The summed E-state index contributed by atoms with van der Waals surface area (Å²) in [5.41, 5.74) is 7.01. The van der Waals surface area contributed by atoms with E-state index in [2.05, 4.69) is 50.2 Å². The second kappa shape index (κ2) is 12.9. The molecule has 35 heavy (non-hydrogen) atoms. The molecule has 2 aromatic carbocycles. The Morgan fingerprint density at radius 3 is 1.83 bits per heavy atom. The first kappa shape index (κ1) is 28.5. The minimum absolute atomic E-state index is 0.142. The SMILES string of the molecule is CCCC1(C)c2cc(COP(OCC)OCC)ccc2-c2ccc(CP(=O)(OCC)OCC)cc21. The molecule has 0 saturated heterocycles. The lowest BCUT2D eigenvalue weighted by Crippen LogP contribution is -2.20. The number of hydrogen-bond acceptors (Lipinski definition) is 6. The molecule has 0 fully saturated rings. The van der Waals surface area contributed by atoms with E-state index in [1.807, 2.05) is 27.7 Å². The Hall–Kier alpha value is -1.10. The molecule has 0 heterocycles. The van der Waals surface area contributed by atoms with Crippen LogP contribution in [0, 0.1) is 0 Å². The van der Waals surface area contributed by atoms with Gasteiger partial charge < -0.3 is 22.6 Å². The number of fused-ring (bicyclic) bond motifs is 3. The van der Waals surface area contributed by atoms with Gasteiger partial charge in [0.25, 0.3) is 0 Å². The predicted octanol–water partition coefficient (Wildman–Crippen LogP) is 8.36. The molecule has 2 aromatic rings.